The SMILES string of the molecule is CC(C)(C)CC(C)(C)c1ccc(OP(=O)(O)O)c(C(C)(C)CC(C)(C)C)c1.[MgH2]. The molecule has 160 valence electrons. The summed E-state index contributed by atoms with van der Waals surface area (Å²) in [7, 11) is -4.62. The molecule has 1 aromatic rings. The van der Waals surface area contributed by atoms with E-state index in [0.29, 0.717) is 0 Å². The van der Waals surface area contributed by atoms with Gasteiger partial charge in [0.05, 0.1) is 0 Å². The number of rotatable bonds is 6. The first-order chi connectivity index (χ1) is 11.7. The molecule has 2 N–H and O–H groups in total. The lowest BCUT2D eigenvalue weighted by Gasteiger charge is -2.37. The van der Waals surface area contributed by atoms with Gasteiger partial charge in [0.2, 0.25) is 0 Å². The van der Waals surface area contributed by atoms with Crippen LogP contribution in [0.4, 0.5) is 0 Å². The Kier molecular flexibility index (Phi) is 8.95. The Bertz CT molecular complexity index is 706. The van der Waals surface area contributed by atoms with E-state index in [2.05, 4.69) is 75.3 Å². The zero-order chi connectivity index (χ0) is 21.5. The number of hydrogen-bond acceptors (Lipinski definition) is 2. The maximum absolute atomic E-state index is 11.5. The van der Waals surface area contributed by atoms with Crippen LogP contribution in [0.3, 0.4) is 0 Å². The van der Waals surface area contributed by atoms with E-state index >= 15 is 0 Å². The van der Waals surface area contributed by atoms with Crippen LogP contribution in [0.1, 0.15) is 93.2 Å². The summed E-state index contributed by atoms with van der Waals surface area (Å²) in [6.45, 7) is 21.9. The van der Waals surface area contributed by atoms with Gasteiger partial charge in [0.25, 0.3) is 0 Å². The van der Waals surface area contributed by atoms with Crippen LogP contribution in [-0.4, -0.2) is 32.8 Å². The van der Waals surface area contributed by atoms with Crippen LogP contribution >= 0.6 is 7.82 Å². The Hall–Kier alpha value is -0.0638. The summed E-state index contributed by atoms with van der Waals surface area (Å²) >= 11 is 0. The van der Waals surface area contributed by atoms with Gasteiger partial charge in [0.15, 0.2) is 0 Å². The van der Waals surface area contributed by atoms with Gasteiger partial charge in [-0.25, -0.2) is 4.57 Å². The Morgan fingerprint density at radius 3 is 1.64 bits per heavy atom. The van der Waals surface area contributed by atoms with Gasteiger partial charge in [0, 0.05) is 5.56 Å². The van der Waals surface area contributed by atoms with E-state index in [9.17, 15) is 14.4 Å². The minimum atomic E-state index is -4.62. The average Bonchev–Trinajstić information content (AvgIpc) is 2.30. The summed E-state index contributed by atoms with van der Waals surface area (Å²) in [5, 5.41) is 0. The third kappa shape index (κ3) is 9.17. The van der Waals surface area contributed by atoms with Gasteiger partial charge in [0.1, 0.15) is 5.75 Å². The fourth-order valence-electron chi connectivity index (χ4n) is 4.54. The lowest BCUT2D eigenvalue weighted by Crippen LogP contribution is -2.28. The molecule has 0 bridgehead atoms. The third-order valence-corrected chi connectivity index (χ3v) is 5.09. The first-order valence-electron chi connectivity index (χ1n) is 9.62. The molecule has 0 aliphatic heterocycles. The molecule has 28 heavy (non-hydrogen) atoms. The second-order valence-corrected chi connectivity index (χ2v) is 12.7. The molecule has 0 spiro atoms. The number of phosphoric ester groups is 1. The summed E-state index contributed by atoms with van der Waals surface area (Å²) in [5.74, 6) is 0.271. The van der Waals surface area contributed by atoms with Gasteiger partial charge >= 0.3 is 30.9 Å². The minimum Gasteiger partial charge on any atom is -0.404 e. The van der Waals surface area contributed by atoms with E-state index in [0.717, 1.165) is 24.0 Å². The molecular weight excluding hydrogens is 384 g/mol. The van der Waals surface area contributed by atoms with Crippen LogP contribution in [0.25, 0.3) is 0 Å². The van der Waals surface area contributed by atoms with Gasteiger partial charge in [-0.05, 0) is 46.1 Å². The summed E-state index contributed by atoms with van der Waals surface area (Å²) in [5.41, 5.74) is 1.89. The molecule has 0 radical (unpaired) electrons. The highest BCUT2D eigenvalue weighted by Crippen LogP contribution is 2.47. The minimum absolute atomic E-state index is 0. The van der Waals surface area contributed by atoms with Crippen molar-refractivity contribution in [3.05, 3.63) is 29.3 Å². The first kappa shape index (κ1) is 27.9. The highest BCUT2D eigenvalue weighted by atomic mass is 31.2. The maximum atomic E-state index is 11.5. The van der Waals surface area contributed by atoms with Crippen LogP contribution in [0.5, 0.6) is 5.75 Å². The molecule has 1 rings (SSSR count). The Labute approximate surface area is 188 Å². The molecule has 0 heterocycles. The summed E-state index contributed by atoms with van der Waals surface area (Å²) in [6, 6.07) is 5.74. The van der Waals surface area contributed by atoms with Crippen LogP contribution in [-0.2, 0) is 15.4 Å². The quantitative estimate of drug-likeness (QED) is 0.456. The molecule has 1 aromatic carbocycles. The van der Waals surface area contributed by atoms with Crippen molar-refractivity contribution < 1.29 is 18.9 Å². The van der Waals surface area contributed by atoms with Crippen molar-refractivity contribution in [2.24, 2.45) is 10.8 Å². The van der Waals surface area contributed by atoms with Crippen LogP contribution in [0.15, 0.2) is 18.2 Å². The van der Waals surface area contributed by atoms with Gasteiger partial charge < -0.3 is 4.52 Å². The molecule has 0 saturated carbocycles. The first-order valence-corrected chi connectivity index (χ1v) is 11.2. The number of benzene rings is 1. The van der Waals surface area contributed by atoms with Crippen molar-refractivity contribution in [3.8, 4) is 5.75 Å². The molecule has 0 aliphatic rings. The Morgan fingerprint density at radius 2 is 1.25 bits per heavy atom. The molecule has 0 aromatic heterocycles. The molecule has 0 unspecified atom stereocenters. The second kappa shape index (κ2) is 8.97. The zero-order valence-electron chi connectivity index (χ0n) is 18.8. The third-order valence-electron chi connectivity index (χ3n) is 4.65. The monoisotopic (exact) mass is 424 g/mol. The van der Waals surface area contributed by atoms with E-state index in [1.807, 2.05) is 6.07 Å². The van der Waals surface area contributed by atoms with Crippen molar-refractivity contribution >= 4 is 30.9 Å². The van der Waals surface area contributed by atoms with Crippen LogP contribution in [0.2, 0.25) is 0 Å². The smallest absolute Gasteiger partial charge is 0.404 e. The van der Waals surface area contributed by atoms with Crippen LogP contribution < -0.4 is 4.52 Å². The summed E-state index contributed by atoms with van der Waals surface area (Å²) in [4.78, 5) is 18.7. The largest absolute Gasteiger partial charge is 0.524 e. The predicted octanol–water partition coefficient (Wildman–Crippen LogP) is 5.67. The lowest BCUT2D eigenvalue weighted by molar-refractivity contribution is 0.265. The molecule has 0 atom stereocenters. The Morgan fingerprint density at radius 1 is 0.821 bits per heavy atom. The van der Waals surface area contributed by atoms with E-state index in [1.165, 1.54) is 0 Å². The van der Waals surface area contributed by atoms with Crippen molar-refractivity contribution in [2.75, 3.05) is 0 Å². The number of hydrogen-bond donors (Lipinski definition) is 2. The zero-order valence-corrected chi connectivity index (χ0v) is 19.7. The van der Waals surface area contributed by atoms with E-state index < -0.39 is 7.82 Å². The summed E-state index contributed by atoms with van der Waals surface area (Å²) in [6.07, 6.45) is 1.86. The lowest BCUT2D eigenvalue weighted by atomic mass is 9.68. The van der Waals surface area contributed by atoms with E-state index in [4.69, 9.17) is 4.52 Å². The molecule has 0 amide bonds. The normalized spacial score (nSPS) is 13.9. The Balaban J connectivity index is 0.00000729. The van der Waals surface area contributed by atoms with E-state index in [-0.39, 0.29) is 50.5 Å². The summed E-state index contributed by atoms with van der Waals surface area (Å²) < 4.78 is 16.6. The van der Waals surface area contributed by atoms with Crippen molar-refractivity contribution in [1.29, 1.82) is 0 Å². The molecule has 0 saturated heterocycles. The van der Waals surface area contributed by atoms with Gasteiger partial charge in [-0.15, -0.1) is 0 Å². The fourth-order valence-corrected chi connectivity index (χ4v) is 4.95. The van der Waals surface area contributed by atoms with Crippen molar-refractivity contribution in [3.63, 3.8) is 0 Å². The van der Waals surface area contributed by atoms with Crippen LogP contribution in [0, 0.1) is 10.8 Å². The highest BCUT2D eigenvalue weighted by Gasteiger charge is 2.34. The van der Waals surface area contributed by atoms with Gasteiger partial charge in [-0.3, -0.25) is 9.79 Å². The standard InChI is InChI=1S/C22H39O4P.Mg.2H/c1-19(2,3)14-21(7,8)16-11-12-18(26-27(23,24)25)17(13-16)22(9,10)15-20(4,5)6;;;/h11-13H,14-15H2,1-10H3,(H2,23,24,25);;;. The van der Waals surface area contributed by atoms with Crippen molar-refractivity contribution in [2.45, 2.75) is 92.9 Å². The molecule has 6 heteroatoms. The van der Waals surface area contributed by atoms with Crippen molar-refractivity contribution in [1.82, 2.24) is 0 Å². The maximum Gasteiger partial charge on any atom is 0.524 e. The van der Waals surface area contributed by atoms with Gasteiger partial charge in [-0.2, -0.15) is 0 Å². The number of phosphoric acid groups is 1. The molecule has 0 aliphatic carbocycles. The topological polar surface area (TPSA) is 66.8 Å². The molecule has 0 fully saturated rings. The second-order valence-electron chi connectivity index (χ2n) is 11.5. The average molecular weight is 425 g/mol. The molecular formula is C22H41MgO4P. The highest BCUT2D eigenvalue weighted by molar-refractivity contribution is 7.46. The fraction of sp³-hybridized carbons (Fsp3) is 0.727. The van der Waals surface area contributed by atoms with Gasteiger partial charge in [-0.1, -0.05) is 81.4 Å². The van der Waals surface area contributed by atoms with E-state index in [1.54, 1.807) is 6.07 Å². The molecule has 4 nitrogen and oxygen atoms in total. The predicted molar refractivity (Wildman–Crippen MR) is 122 cm³/mol.